The lowest BCUT2D eigenvalue weighted by molar-refractivity contribution is 0.429. The first-order valence-corrected chi connectivity index (χ1v) is 7.68. The van der Waals surface area contributed by atoms with E-state index in [9.17, 15) is 0 Å². The van der Waals surface area contributed by atoms with Crippen molar-refractivity contribution in [2.45, 2.75) is 39.8 Å². The summed E-state index contributed by atoms with van der Waals surface area (Å²) in [7, 11) is 4.15. The number of nitrogens with one attached hydrogen (secondary N) is 2. The zero-order valence-corrected chi connectivity index (χ0v) is 17.1. The second-order valence-corrected chi connectivity index (χ2v) is 6.38. The molecule has 128 valence electrons. The molecule has 5 nitrogen and oxygen atoms in total. The number of hydrogen-bond acceptors (Lipinski definition) is 2. The monoisotopic (exact) mass is 421 g/mol. The average Bonchev–Trinajstić information content (AvgIpc) is 2.77. The highest BCUT2D eigenvalue weighted by molar-refractivity contribution is 14.0. The summed E-state index contributed by atoms with van der Waals surface area (Å²) in [6, 6.07) is 4.21. The highest BCUT2D eigenvalue weighted by Crippen LogP contribution is 2.03. The molecule has 0 saturated heterocycles. The molecule has 6 heteroatoms. The van der Waals surface area contributed by atoms with Gasteiger partial charge in [0.15, 0.2) is 5.96 Å². The Morgan fingerprint density at radius 3 is 2.55 bits per heavy atom. The van der Waals surface area contributed by atoms with Crippen molar-refractivity contribution in [2.24, 2.45) is 12.0 Å². The number of hydrogen-bond donors (Lipinski definition) is 2. The van der Waals surface area contributed by atoms with E-state index in [4.69, 9.17) is 0 Å². The van der Waals surface area contributed by atoms with Crippen LogP contribution in [0.25, 0.3) is 0 Å². The predicted molar refractivity (Wildman–Crippen MR) is 106 cm³/mol. The normalized spacial score (nSPS) is 12.0. The lowest BCUT2D eigenvalue weighted by Crippen LogP contribution is -2.40. The molecule has 0 radical (unpaired) electrons. The Labute approximate surface area is 152 Å². The van der Waals surface area contributed by atoms with Crippen molar-refractivity contribution in [1.29, 1.82) is 0 Å². The molecular weight excluding hydrogens is 389 g/mol. The van der Waals surface area contributed by atoms with E-state index < -0.39 is 0 Å². The Balaban J connectivity index is 0.00000441. The van der Waals surface area contributed by atoms with E-state index in [1.807, 2.05) is 0 Å². The molecular formula is C16H32IN5. The van der Waals surface area contributed by atoms with Gasteiger partial charge in [0.1, 0.15) is 0 Å². The molecule has 0 saturated carbocycles. The summed E-state index contributed by atoms with van der Waals surface area (Å²) in [5, 5.41) is 6.81. The Bertz CT molecular complexity index is 448. The van der Waals surface area contributed by atoms with Crippen molar-refractivity contribution < 1.29 is 0 Å². The molecule has 0 amide bonds. The van der Waals surface area contributed by atoms with Crippen LogP contribution in [-0.4, -0.2) is 47.6 Å². The fourth-order valence-electron chi connectivity index (χ4n) is 2.04. The van der Waals surface area contributed by atoms with Gasteiger partial charge in [-0.05, 0) is 39.8 Å². The van der Waals surface area contributed by atoms with Crippen LogP contribution in [0.3, 0.4) is 0 Å². The number of aliphatic imine (C=N–C) groups is 1. The lowest BCUT2D eigenvalue weighted by Gasteiger charge is -2.23. The van der Waals surface area contributed by atoms with Crippen molar-refractivity contribution in [1.82, 2.24) is 20.1 Å². The Morgan fingerprint density at radius 2 is 2.05 bits per heavy atom. The summed E-state index contributed by atoms with van der Waals surface area (Å²) < 4.78 is 2.14. The van der Waals surface area contributed by atoms with Gasteiger partial charge in [-0.15, -0.1) is 24.0 Å². The average molecular weight is 421 g/mol. The van der Waals surface area contributed by atoms with Gasteiger partial charge >= 0.3 is 0 Å². The summed E-state index contributed by atoms with van der Waals surface area (Å²) in [4.78, 5) is 6.85. The van der Waals surface area contributed by atoms with Gasteiger partial charge < -0.3 is 20.1 Å². The molecule has 0 aliphatic rings. The number of rotatable bonds is 6. The molecule has 0 atom stereocenters. The number of aryl methyl sites for hydroxylation is 1. The van der Waals surface area contributed by atoms with Crippen molar-refractivity contribution in [3.05, 3.63) is 24.0 Å². The Morgan fingerprint density at radius 1 is 1.36 bits per heavy atom. The van der Waals surface area contributed by atoms with Crippen molar-refractivity contribution >= 4 is 29.9 Å². The largest absolute Gasteiger partial charge is 0.357 e. The summed E-state index contributed by atoms with van der Waals surface area (Å²) in [6.45, 7) is 12.0. The number of guanidine groups is 1. The SMILES string of the molecule is CCNC(=NCCNC(C)(C)C)N(C)Cc1cccn1C.I. The summed E-state index contributed by atoms with van der Waals surface area (Å²) in [5.41, 5.74) is 1.42. The van der Waals surface area contributed by atoms with Gasteiger partial charge in [0.25, 0.3) is 0 Å². The second kappa shape index (κ2) is 10.1. The van der Waals surface area contributed by atoms with E-state index in [0.29, 0.717) is 0 Å². The van der Waals surface area contributed by atoms with Crippen LogP contribution >= 0.6 is 24.0 Å². The van der Waals surface area contributed by atoms with Crippen LogP contribution in [0.4, 0.5) is 0 Å². The van der Waals surface area contributed by atoms with Crippen LogP contribution in [0.2, 0.25) is 0 Å². The first kappa shape index (κ1) is 21.2. The summed E-state index contributed by atoms with van der Waals surface area (Å²) in [6.07, 6.45) is 2.07. The van der Waals surface area contributed by atoms with Crippen LogP contribution in [0.5, 0.6) is 0 Å². The molecule has 0 aromatic carbocycles. The molecule has 1 aromatic heterocycles. The van der Waals surface area contributed by atoms with E-state index in [1.165, 1.54) is 5.69 Å². The fraction of sp³-hybridized carbons (Fsp3) is 0.688. The van der Waals surface area contributed by atoms with Crippen LogP contribution in [0, 0.1) is 0 Å². The summed E-state index contributed by atoms with van der Waals surface area (Å²) >= 11 is 0. The maximum absolute atomic E-state index is 4.69. The zero-order valence-electron chi connectivity index (χ0n) is 14.8. The van der Waals surface area contributed by atoms with E-state index in [1.54, 1.807) is 0 Å². The van der Waals surface area contributed by atoms with Crippen LogP contribution in [0.15, 0.2) is 23.3 Å². The third-order valence-electron chi connectivity index (χ3n) is 3.18. The van der Waals surface area contributed by atoms with Crippen molar-refractivity contribution in [3.63, 3.8) is 0 Å². The fourth-order valence-corrected chi connectivity index (χ4v) is 2.04. The van der Waals surface area contributed by atoms with Gasteiger partial charge in [-0.3, -0.25) is 4.99 Å². The van der Waals surface area contributed by atoms with Crippen LogP contribution in [0.1, 0.15) is 33.4 Å². The van der Waals surface area contributed by atoms with E-state index in [-0.39, 0.29) is 29.5 Å². The maximum Gasteiger partial charge on any atom is 0.194 e. The molecule has 1 heterocycles. The van der Waals surface area contributed by atoms with Gasteiger partial charge in [-0.25, -0.2) is 0 Å². The van der Waals surface area contributed by atoms with Gasteiger partial charge in [0, 0.05) is 44.6 Å². The lowest BCUT2D eigenvalue weighted by atomic mass is 10.1. The highest BCUT2D eigenvalue weighted by atomic mass is 127. The molecule has 0 spiro atoms. The zero-order chi connectivity index (χ0) is 15.9. The Hall–Kier alpha value is -0.760. The molecule has 0 aliphatic carbocycles. The molecule has 2 N–H and O–H groups in total. The highest BCUT2D eigenvalue weighted by Gasteiger charge is 2.09. The smallest absolute Gasteiger partial charge is 0.194 e. The minimum Gasteiger partial charge on any atom is -0.357 e. The summed E-state index contributed by atoms with van der Waals surface area (Å²) in [5.74, 6) is 0.953. The molecule has 0 unspecified atom stereocenters. The molecule has 1 aromatic rings. The molecule has 0 bridgehead atoms. The topological polar surface area (TPSA) is 44.6 Å². The van der Waals surface area contributed by atoms with Crippen LogP contribution < -0.4 is 10.6 Å². The number of nitrogens with zero attached hydrogens (tertiary/aromatic N) is 3. The second-order valence-electron chi connectivity index (χ2n) is 6.38. The van der Waals surface area contributed by atoms with Gasteiger partial charge in [-0.2, -0.15) is 0 Å². The van der Waals surface area contributed by atoms with Gasteiger partial charge in [0.2, 0.25) is 0 Å². The van der Waals surface area contributed by atoms with Crippen LogP contribution in [-0.2, 0) is 13.6 Å². The maximum atomic E-state index is 4.69. The van der Waals surface area contributed by atoms with E-state index in [2.05, 4.69) is 85.2 Å². The third-order valence-corrected chi connectivity index (χ3v) is 3.18. The minimum atomic E-state index is 0. The number of aromatic nitrogens is 1. The third kappa shape index (κ3) is 8.03. The standard InChI is InChI=1S/C16H31N5.HI/c1-7-17-15(18-10-11-19-16(2,3)4)21(6)13-14-9-8-12-20(14)5;/h8-9,12,19H,7,10-11,13H2,1-6H3,(H,17,18);1H. The quantitative estimate of drug-likeness (QED) is 0.321. The van der Waals surface area contributed by atoms with Crippen molar-refractivity contribution in [2.75, 3.05) is 26.7 Å². The van der Waals surface area contributed by atoms with E-state index >= 15 is 0 Å². The minimum absolute atomic E-state index is 0. The Kier molecular flexibility index (Phi) is 9.75. The van der Waals surface area contributed by atoms with E-state index in [0.717, 1.165) is 32.1 Å². The van der Waals surface area contributed by atoms with Crippen molar-refractivity contribution in [3.8, 4) is 0 Å². The molecule has 1 rings (SSSR count). The number of halogens is 1. The molecule has 0 aliphatic heterocycles. The first-order valence-electron chi connectivity index (χ1n) is 7.68. The van der Waals surface area contributed by atoms with Gasteiger partial charge in [0.05, 0.1) is 13.1 Å². The van der Waals surface area contributed by atoms with Gasteiger partial charge in [-0.1, -0.05) is 0 Å². The molecule has 22 heavy (non-hydrogen) atoms. The molecule has 0 fully saturated rings. The predicted octanol–water partition coefficient (Wildman–Crippen LogP) is 2.43. The first-order chi connectivity index (χ1) is 9.83.